The van der Waals surface area contributed by atoms with E-state index in [-0.39, 0.29) is 11.8 Å². The van der Waals surface area contributed by atoms with Gasteiger partial charge in [-0.2, -0.15) is 0 Å². The third kappa shape index (κ3) is 4.12. The summed E-state index contributed by atoms with van der Waals surface area (Å²) in [6.45, 7) is 0.320. The van der Waals surface area contributed by atoms with Crippen LogP contribution >= 0.6 is 11.6 Å². The lowest BCUT2D eigenvalue weighted by Crippen LogP contribution is -2.29. The number of aromatic amines is 1. The molecule has 0 fully saturated rings. The Labute approximate surface area is 154 Å². The zero-order valence-corrected chi connectivity index (χ0v) is 14.7. The molecule has 0 aliphatic rings. The molecule has 3 aromatic rings. The van der Waals surface area contributed by atoms with E-state index in [1.54, 1.807) is 43.6 Å². The minimum atomic E-state index is -0.302. The van der Waals surface area contributed by atoms with Crippen molar-refractivity contribution in [2.75, 3.05) is 12.4 Å². The second kappa shape index (κ2) is 7.88. The molecule has 0 amide bonds. The molecule has 0 saturated heterocycles. The van der Waals surface area contributed by atoms with Gasteiger partial charge in [-0.25, -0.2) is 9.37 Å². The first kappa shape index (κ1) is 17.8. The van der Waals surface area contributed by atoms with Gasteiger partial charge in [-0.15, -0.1) is 0 Å². The van der Waals surface area contributed by atoms with Gasteiger partial charge in [0.1, 0.15) is 11.6 Å². The van der Waals surface area contributed by atoms with Gasteiger partial charge in [-0.05, 0) is 36.4 Å². The molecule has 0 spiro atoms. The van der Waals surface area contributed by atoms with Gasteiger partial charge in [-0.1, -0.05) is 17.7 Å². The summed E-state index contributed by atoms with van der Waals surface area (Å²) >= 11 is 6.18. The molecular formula is C18H17ClFN5O. The highest BCUT2D eigenvalue weighted by atomic mass is 35.5. The smallest absolute Gasteiger partial charge is 0.207 e. The summed E-state index contributed by atoms with van der Waals surface area (Å²) in [6.07, 6.45) is 1.68. The van der Waals surface area contributed by atoms with Gasteiger partial charge in [0.05, 0.1) is 12.8 Å². The molecule has 0 saturated carbocycles. The van der Waals surface area contributed by atoms with Crippen molar-refractivity contribution in [3.8, 4) is 17.0 Å². The number of imidazole rings is 1. The number of rotatable bonds is 5. The molecule has 1 heterocycles. The first-order chi connectivity index (χ1) is 12.6. The SMILES string of the molecule is COc1cccc(Cl)c1CNC(=N)Nc1nc(-c2ccc(F)cc2)c[nH]1. The van der Waals surface area contributed by atoms with Crippen LogP contribution in [0.1, 0.15) is 5.56 Å². The lowest BCUT2D eigenvalue weighted by atomic mass is 10.2. The van der Waals surface area contributed by atoms with Gasteiger partial charge in [-0.3, -0.25) is 10.7 Å². The standard InChI is InChI=1S/C18H17ClFN5O/c1-26-16-4-2-3-14(19)13(16)9-22-17(21)25-18-23-10-15(24-18)11-5-7-12(20)8-6-11/h2-8,10H,9H2,1H3,(H4,21,22,23,24,25). The average Bonchev–Trinajstić information content (AvgIpc) is 3.09. The van der Waals surface area contributed by atoms with E-state index in [2.05, 4.69) is 20.6 Å². The van der Waals surface area contributed by atoms with E-state index < -0.39 is 0 Å². The van der Waals surface area contributed by atoms with Crippen molar-refractivity contribution in [1.82, 2.24) is 15.3 Å². The number of H-pyrrole nitrogens is 1. The van der Waals surface area contributed by atoms with Crippen LogP contribution in [0.25, 0.3) is 11.3 Å². The Balaban J connectivity index is 1.62. The summed E-state index contributed by atoms with van der Waals surface area (Å²) in [4.78, 5) is 7.27. The van der Waals surface area contributed by atoms with Crippen molar-refractivity contribution < 1.29 is 9.13 Å². The van der Waals surface area contributed by atoms with E-state index in [0.29, 0.717) is 29.0 Å². The zero-order valence-electron chi connectivity index (χ0n) is 13.9. The van der Waals surface area contributed by atoms with E-state index in [4.69, 9.17) is 21.7 Å². The van der Waals surface area contributed by atoms with Crippen LogP contribution in [-0.4, -0.2) is 23.0 Å². The number of nitrogens with zero attached hydrogens (tertiary/aromatic N) is 1. The van der Waals surface area contributed by atoms with Crippen molar-refractivity contribution in [3.63, 3.8) is 0 Å². The monoisotopic (exact) mass is 373 g/mol. The Morgan fingerprint density at radius 3 is 2.77 bits per heavy atom. The number of ether oxygens (including phenoxy) is 1. The van der Waals surface area contributed by atoms with Gasteiger partial charge >= 0.3 is 0 Å². The molecule has 3 rings (SSSR count). The number of methoxy groups -OCH3 is 1. The average molecular weight is 374 g/mol. The molecule has 0 aliphatic carbocycles. The van der Waals surface area contributed by atoms with E-state index in [1.807, 2.05) is 0 Å². The molecule has 1 aromatic heterocycles. The summed E-state index contributed by atoms with van der Waals surface area (Å²) in [5.74, 6) is 0.790. The quantitative estimate of drug-likeness (QED) is 0.402. The number of aromatic nitrogens is 2. The van der Waals surface area contributed by atoms with Gasteiger partial charge in [0, 0.05) is 28.9 Å². The first-order valence-corrected chi connectivity index (χ1v) is 8.17. The van der Waals surface area contributed by atoms with E-state index in [0.717, 1.165) is 11.1 Å². The molecule has 0 aliphatic heterocycles. The highest BCUT2D eigenvalue weighted by molar-refractivity contribution is 6.31. The normalized spacial score (nSPS) is 10.4. The third-order valence-corrected chi connectivity index (χ3v) is 4.05. The van der Waals surface area contributed by atoms with Crippen LogP contribution in [0, 0.1) is 11.2 Å². The number of hydrogen-bond acceptors (Lipinski definition) is 3. The van der Waals surface area contributed by atoms with Crippen LogP contribution in [0.2, 0.25) is 5.02 Å². The summed E-state index contributed by atoms with van der Waals surface area (Å²) in [7, 11) is 1.57. The topological polar surface area (TPSA) is 85.8 Å². The summed E-state index contributed by atoms with van der Waals surface area (Å²) in [5.41, 5.74) is 2.18. The molecule has 8 heteroatoms. The van der Waals surface area contributed by atoms with Crippen molar-refractivity contribution >= 4 is 23.5 Å². The van der Waals surface area contributed by atoms with Gasteiger partial charge in [0.2, 0.25) is 5.95 Å². The van der Waals surface area contributed by atoms with Crippen LogP contribution < -0.4 is 15.4 Å². The molecule has 0 bridgehead atoms. The maximum atomic E-state index is 13.0. The van der Waals surface area contributed by atoms with Crippen LogP contribution in [0.4, 0.5) is 10.3 Å². The van der Waals surface area contributed by atoms with E-state index in [1.165, 1.54) is 12.1 Å². The number of guanidine groups is 1. The molecule has 6 nitrogen and oxygen atoms in total. The third-order valence-electron chi connectivity index (χ3n) is 3.70. The molecule has 4 N–H and O–H groups in total. The van der Waals surface area contributed by atoms with Crippen LogP contribution in [-0.2, 0) is 6.54 Å². The predicted octanol–water partition coefficient (Wildman–Crippen LogP) is 4.01. The largest absolute Gasteiger partial charge is 0.496 e. The Bertz CT molecular complexity index is 910. The van der Waals surface area contributed by atoms with Crippen molar-refractivity contribution in [3.05, 3.63) is 65.1 Å². The molecule has 0 atom stereocenters. The van der Waals surface area contributed by atoms with Crippen molar-refractivity contribution in [1.29, 1.82) is 5.41 Å². The molecule has 2 aromatic carbocycles. The second-order valence-corrected chi connectivity index (χ2v) is 5.82. The number of halogens is 2. The minimum absolute atomic E-state index is 0.0481. The zero-order chi connectivity index (χ0) is 18.5. The highest BCUT2D eigenvalue weighted by Crippen LogP contribution is 2.26. The fraction of sp³-hybridized carbons (Fsp3) is 0.111. The Kier molecular flexibility index (Phi) is 5.38. The number of nitrogens with one attached hydrogen (secondary N) is 4. The number of anilines is 1. The minimum Gasteiger partial charge on any atom is -0.496 e. The number of hydrogen-bond donors (Lipinski definition) is 4. The fourth-order valence-electron chi connectivity index (χ4n) is 2.40. The van der Waals surface area contributed by atoms with Crippen molar-refractivity contribution in [2.24, 2.45) is 0 Å². The van der Waals surface area contributed by atoms with E-state index in [9.17, 15) is 4.39 Å². The van der Waals surface area contributed by atoms with Crippen LogP contribution in [0.5, 0.6) is 5.75 Å². The Morgan fingerprint density at radius 1 is 1.27 bits per heavy atom. The summed E-state index contributed by atoms with van der Waals surface area (Å²) in [6, 6.07) is 11.4. The fourth-order valence-corrected chi connectivity index (χ4v) is 2.63. The second-order valence-electron chi connectivity index (χ2n) is 5.42. The first-order valence-electron chi connectivity index (χ1n) is 7.79. The van der Waals surface area contributed by atoms with Crippen LogP contribution in [0.3, 0.4) is 0 Å². The Hall–Kier alpha value is -3.06. The number of benzene rings is 2. The maximum Gasteiger partial charge on any atom is 0.207 e. The molecular weight excluding hydrogens is 357 g/mol. The van der Waals surface area contributed by atoms with Gasteiger partial charge in [0.25, 0.3) is 0 Å². The van der Waals surface area contributed by atoms with Gasteiger partial charge < -0.3 is 15.0 Å². The maximum absolute atomic E-state index is 13.0. The van der Waals surface area contributed by atoms with E-state index >= 15 is 0 Å². The summed E-state index contributed by atoms with van der Waals surface area (Å²) in [5, 5.41) is 14.3. The predicted molar refractivity (Wildman–Crippen MR) is 100 cm³/mol. The van der Waals surface area contributed by atoms with Gasteiger partial charge in [0.15, 0.2) is 5.96 Å². The lowest BCUT2D eigenvalue weighted by molar-refractivity contribution is 0.409. The Morgan fingerprint density at radius 2 is 2.04 bits per heavy atom. The molecule has 0 unspecified atom stereocenters. The lowest BCUT2D eigenvalue weighted by Gasteiger charge is -2.12. The molecule has 134 valence electrons. The van der Waals surface area contributed by atoms with Crippen LogP contribution in [0.15, 0.2) is 48.7 Å². The highest BCUT2D eigenvalue weighted by Gasteiger charge is 2.09. The van der Waals surface area contributed by atoms with Crippen molar-refractivity contribution in [2.45, 2.75) is 6.54 Å². The molecule has 26 heavy (non-hydrogen) atoms. The molecule has 0 radical (unpaired) electrons. The summed E-state index contributed by atoms with van der Waals surface area (Å²) < 4.78 is 18.3.